The van der Waals surface area contributed by atoms with Crippen molar-refractivity contribution in [1.82, 2.24) is 10.1 Å². The molecule has 1 aliphatic rings. The van der Waals surface area contributed by atoms with Gasteiger partial charge < -0.3 is 5.11 Å². The Kier molecular flexibility index (Phi) is 4.37. The van der Waals surface area contributed by atoms with Crippen molar-refractivity contribution in [2.45, 2.75) is 24.7 Å². The molecule has 0 radical (unpaired) electrons. The maximum Gasteiger partial charge on any atom is 0.302 e. The van der Waals surface area contributed by atoms with Crippen molar-refractivity contribution in [3.05, 3.63) is 46.7 Å². The number of aromatic nitrogens is 3. The van der Waals surface area contributed by atoms with Gasteiger partial charge in [-0.15, -0.1) is 11.3 Å². The topological polar surface area (TPSA) is 73.0 Å². The molecule has 0 aliphatic carbocycles. The zero-order valence-electron chi connectivity index (χ0n) is 14.2. The summed E-state index contributed by atoms with van der Waals surface area (Å²) in [5, 5.41) is 19.7. The molecule has 1 aromatic carbocycles. The van der Waals surface area contributed by atoms with Crippen LogP contribution in [0.1, 0.15) is 24.4 Å². The lowest BCUT2D eigenvalue weighted by Crippen LogP contribution is -2.58. The SMILES string of the molecule is CCC(=O)N1c2ccccc2-c2c([O-])nc(SC)n[n+]2C1c1cccs1. The quantitative estimate of drug-likeness (QED) is 0.513. The van der Waals surface area contributed by atoms with Gasteiger partial charge in [0, 0.05) is 11.5 Å². The Labute approximate surface area is 159 Å². The number of carbonyl (C=O) groups is 1. The monoisotopic (exact) mass is 384 g/mol. The zero-order chi connectivity index (χ0) is 18.3. The molecule has 0 saturated carbocycles. The molecule has 1 unspecified atom stereocenters. The lowest BCUT2D eigenvalue weighted by molar-refractivity contribution is -0.763. The summed E-state index contributed by atoms with van der Waals surface area (Å²) in [5.74, 6) is -0.354. The molecule has 0 N–H and O–H groups in total. The highest BCUT2D eigenvalue weighted by Gasteiger charge is 2.44. The summed E-state index contributed by atoms with van der Waals surface area (Å²) in [6, 6.07) is 11.3. The number of fused-ring (bicyclic) bond motifs is 3. The smallest absolute Gasteiger partial charge is 0.302 e. The van der Waals surface area contributed by atoms with Crippen LogP contribution >= 0.6 is 23.1 Å². The van der Waals surface area contributed by atoms with Crippen LogP contribution in [0.4, 0.5) is 5.69 Å². The second kappa shape index (κ2) is 6.69. The Hall–Kier alpha value is -2.45. The van der Waals surface area contributed by atoms with Crippen molar-refractivity contribution in [1.29, 1.82) is 0 Å². The Morgan fingerprint density at radius 3 is 2.85 bits per heavy atom. The highest BCUT2D eigenvalue weighted by molar-refractivity contribution is 7.98. The van der Waals surface area contributed by atoms with Gasteiger partial charge in [0.25, 0.3) is 10.9 Å². The number of benzene rings is 1. The minimum atomic E-state index is -0.492. The predicted octanol–water partition coefficient (Wildman–Crippen LogP) is 2.59. The van der Waals surface area contributed by atoms with Crippen molar-refractivity contribution in [3.8, 4) is 17.1 Å². The van der Waals surface area contributed by atoms with E-state index < -0.39 is 6.17 Å². The average Bonchev–Trinajstić information content (AvgIpc) is 3.20. The molecule has 0 spiro atoms. The number of rotatable bonds is 3. The van der Waals surface area contributed by atoms with Crippen molar-refractivity contribution >= 4 is 34.7 Å². The third kappa shape index (κ3) is 2.57. The number of anilines is 1. The van der Waals surface area contributed by atoms with E-state index in [0.717, 1.165) is 10.6 Å². The fourth-order valence-corrected chi connectivity index (χ4v) is 4.30. The van der Waals surface area contributed by atoms with Gasteiger partial charge in [-0.1, -0.05) is 41.6 Å². The molecule has 1 atom stereocenters. The minimum Gasteiger partial charge on any atom is -0.854 e. The zero-order valence-corrected chi connectivity index (χ0v) is 15.9. The van der Waals surface area contributed by atoms with Crippen LogP contribution in [-0.2, 0) is 4.79 Å². The lowest BCUT2D eigenvalue weighted by atomic mass is 10.0. The predicted molar refractivity (Wildman–Crippen MR) is 99.1 cm³/mol. The number of para-hydroxylation sites is 1. The molecule has 0 fully saturated rings. The standard InChI is InChI=1S/C18H16N4O2S2/c1-3-14(23)21-12-8-5-4-7-11(12)15-16(24)19-18(25-2)20-22(15)17(21)13-9-6-10-26-13/h4-10,17H,3H2,1-2H3. The molecule has 2 aromatic heterocycles. The molecule has 4 rings (SSSR count). The molecule has 1 aliphatic heterocycles. The van der Waals surface area contributed by atoms with E-state index in [2.05, 4.69) is 10.1 Å². The summed E-state index contributed by atoms with van der Waals surface area (Å²) in [5.41, 5.74) is 1.81. The molecule has 0 bridgehead atoms. The van der Waals surface area contributed by atoms with E-state index in [1.807, 2.05) is 55.0 Å². The molecule has 1 amide bonds. The Morgan fingerprint density at radius 2 is 2.15 bits per heavy atom. The van der Waals surface area contributed by atoms with Crippen LogP contribution in [-0.4, -0.2) is 22.2 Å². The number of hydrogen-bond acceptors (Lipinski definition) is 6. The summed E-state index contributed by atoms with van der Waals surface area (Å²) in [6.45, 7) is 1.84. The Morgan fingerprint density at radius 1 is 1.35 bits per heavy atom. The summed E-state index contributed by atoms with van der Waals surface area (Å²) in [4.78, 5) is 19.6. The second-order valence-electron chi connectivity index (χ2n) is 5.72. The molecule has 8 heteroatoms. The van der Waals surface area contributed by atoms with E-state index in [9.17, 15) is 9.90 Å². The van der Waals surface area contributed by atoms with E-state index in [-0.39, 0.29) is 11.8 Å². The normalized spacial score (nSPS) is 15.5. The molecular formula is C18H16N4O2S2. The summed E-state index contributed by atoms with van der Waals surface area (Å²) in [6.07, 6.45) is 1.69. The second-order valence-corrected chi connectivity index (χ2v) is 7.47. The molecule has 6 nitrogen and oxygen atoms in total. The number of hydrogen-bond donors (Lipinski definition) is 0. The molecule has 26 heavy (non-hydrogen) atoms. The van der Waals surface area contributed by atoms with Gasteiger partial charge in [0.15, 0.2) is 0 Å². The summed E-state index contributed by atoms with van der Waals surface area (Å²) in [7, 11) is 0. The highest BCUT2D eigenvalue weighted by Crippen LogP contribution is 2.41. The van der Waals surface area contributed by atoms with Crippen molar-refractivity contribution in [2.24, 2.45) is 0 Å². The largest absolute Gasteiger partial charge is 0.854 e. The van der Waals surface area contributed by atoms with Gasteiger partial charge in [-0.05, 0) is 29.8 Å². The number of amides is 1. The number of nitrogens with zero attached hydrogens (tertiary/aromatic N) is 4. The molecule has 132 valence electrons. The van der Waals surface area contributed by atoms with Crippen LogP contribution < -0.4 is 14.7 Å². The lowest BCUT2D eigenvalue weighted by Gasteiger charge is -2.32. The van der Waals surface area contributed by atoms with Gasteiger partial charge in [-0.25, -0.2) is 9.88 Å². The van der Waals surface area contributed by atoms with Crippen LogP contribution in [0.3, 0.4) is 0 Å². The maximum atomic E-state index is 12.9. The van der Waals surface area contributed by atoms with Gasteiger partial charge in [0.05, 0.1) is 22.0 Å². The summed E-state index contributed by atoms with van der Waals surface area (Å²) >= 11 is 2.84. The first-order valence-corrected chi connectivity index (χ1v) is 10.3. The first kappa shape index (κ1) is 17.0. The van der Waals surface area contributed by atoms with Crippen molar-refractivity contribution in [2.75, 3.05) is 11.2 Å². The fraction of sp³-hybridized carbons (Fsp3) is 0.222. The van der Waals surface area contributed by atoms with E-state index in [0.29, 0.717) is 22.8 Å². The van der Waals surface area contributed by atoms with E-state index in [1.54, 1.807) is 9.58 Å². The van der Waals surface area contributed by atoms with E-state index in [4.69, 9.17) is 0 Å². The molecule has 0 saturated heterocycles. The highest BCUT2D eigenvalue weighted by atomic mass is 32.2. The summed E-state index contributed by atoms with van der Waals surface area (Å²) < 4.78 is 1.66. The van der Waals surface area contributed by atoms with Gasteiger partial charge >= 0.3 is 6.17 Å². The maximum absolute atomic E-state index is 12.9. The third-order valence-corrected chi connectivity index (χ3v) is 5.72. The Balaban J connectivity index is 2.07. The fourth-order valence-electron chi connectivity index (χ4n) is 3.16. The van der Waals surface area contributed by atoms with Gasteiger partial charge in [0.1, 0.15) is 0 Å². The van der Waals surface area contributed by atoms with Gasteiger partial charge in [-0.3, -0.25) is 4.79 Å². The van der Waals surface area contributed by atoms with Crippen LogP contribution in [0.15, 0.2) is 46.9 Å². The molecule has 3 heterocycles. The van der Waals surface area contributed by atoms with E-state index in [1.165, 1.54) is 23.1 Å². The first-order valence-electron chi connectivity index (χ1n) is 8.15. The average molecular weight is 384 g/mol. The van der Waals surface area contributed by atoms with Gasteiger partial charge in [-0.2, -0.15) is 0 Å². The minimum absolute atomic E-state index is 0.0224. The third-order valence-electron chi connectivity index (χ3n) is 4.27. The number of thioether (sulfide) groups is 1. The molecular weight excluding hydrogens is 368 g/mol. The van der Waals surface area contributed by atoms with Crippen LogP contribution in [0, 0.1) is 0 Å². The number of carbonyl (C=O) groups excluding carboxylic acids is 1. The van der Waals surface area contributed by atoms with Crippen LogP contribution in [0.5, 0.6) is 5.88 Å². The van der Waals surface area contributed by atoms with Crippen LogP contribution in [0.25, 0.3) is 11.3 Å². The van der Waals surface area contributed by atoms with Crippen LogP contribution in [0.2, 0.25) is 0 Å². The first-order chi connectivity index (χ1) is 12.7. The Bertz CT molecular complexity index is 975. The van der Waals surface area contributed by atoms with E-state index >= 15 is 0 Å². The van der Waals surface area contributed by atoms with Gasteiger partial charge in [0.2, 0.25) is 5.91 Å². The van der Waals surface area contributed by atoms with Crippen molar-refractivity contribution in [3.63, 3.8) is 0 Å². The van der Waals surface area contributed by atoms with Crippen molar-refractivity contribution < 1.29 is 14.6 Å². The number of thiophene rings is 1. The molecule has 3 aromatic rings.